The Labute approximate surface area is 161 Å². The van der Waals surface area contributed by atoms with Gasteiger partial charge in [0.05, 0.1) is 12.7 Å². The molecule has 1 saturated carbocycles. The lowest BCUT2D eigenvalue weighted by Crippen LogP contribution is -2.45. The molecule has 4 nitrogen and oxygen atoms in total. The summed E-state index contributed by atoms with van der Waals surface area (Å²) in [4.78, 5) is 12.6. The summed E-state index contributed by atoms with van der Waals surface area (Å²) in [6, 6.07) is 15.5. The van der Waals surface area contributed by atoms with Gasteiger partial charge in [-0.25, -0.2) is 0 Å². The molecule has 0 bridgehead atoms. The minimum Gasteiger partial charge on any atom is -0.389 e. The first-order valence-electron chi connectivity index (χ1n) is 9.77. The number of nitrogens with one attached hydrogen (secondary N) is 1. The zero-order valence-corrected chi connectivity index (χ0v) is 16.2. The second-order valence-electron chi connectivity index (χ2n) is 7.55. The van der Waals surface area contributed by atoms with Crippen LogP contribution in [-0.2, 0) is 4.74 Å². The lowest BCUT2D eigenvalue weighted by atomic mass is 9.69. The summed E-state index contributed by atoms with van der Waals surface area (Å²) in [6.45, 7) is 5.86. The van der Waals surface area contributed by atoms with Gasteiger partial charge in [-0.15, -0.1) is 0 Å². The van der Waals surface area contributed by atoms with Crippen molar-refractivity contribution in [3.63, 3.8) is 0 Å². The van der Waals surface area contributed by atoms with Crippen molar-refractivity contribution in [2.75, 3.05) is 19.8 Å². The van der Waals surface area contributed by atoms with Crippen LogP contribution in [0.25, 0.3) is 11.1 Å². The van der Waals surface area contributed by atoms with E-state index in [4.69, 9.17) is 4.74 Å². The van der Waals surface area contributed by atoms with Gasteiger partial charge in [-0.05, 0) is 55.5 Å². The zero-order valence-electron chi connectivity index (χ0n) is 16.2. The number of hydrogen-bond donors (Lipinski definition) is 2. The molecule has 0 aromatic heterocycles. The fraction of sp³-hybridized carbons (Fsp3) is 0.435. The molecule has 1 amide bonds. The molecular weight excluding hydrogens is 338 g/mol. The molecule has 0 saturated heterocycles. The number of carbonyl (C=O) groups is 1. The van der Waals surface area contributed by atoms with Gasteiger partial charge >= 0.3 is 0 Å². The molecule has 0 aliphatic heterocycles. The molecular formula is C23H29NO3. The molecule has 0 heterocycles. The van der Waals surface area contributed by atoms with Crippen LogP contribution in [0.2, 0.25) is 0 Å². The molecule has 2 aromatic rings. The summed E-state index contributed by atoms with van der Waals surface area (Å²) in [6.07, 6.45) is 2.96. The molecule has 0 unspecified atom stereocenters. The second-order valence-corrected chi connectivity index (χ2v) is 7.55. The van der Waals surface area contributed by atoms with E-state index in [2.05, 4.69) is 5.32 Å². The Balaban J connectivity index is 1.66. The third-order valence-electron chi connectivity index (χ3n) is 5.50. The second kappa shape index (κ2) is 8.68. The van der Waals surface area contributed by atoms with E-state index in [0.717, 1.165) is 36.1 Å². The Morgan fingerprint density at radius 1 is 1.19 bits per heavy atom. The predicted molar refractivity (Wildman–Crippen MR) is 108 cm³/mol. The van der Waals surface area contributed by atoms with Gasteiger partial charge in [-0.3, -0.25) is 4.79 Å². The molecule has 1 aliphatic carbocycles. The van der Waals surface area contributed by atoms with Gasteiger partial charge in [-0.1, -0.05) is 42.8 Å². The van der Waals surface area contributed by atoms with E-state index in [0.29, 0.717) is 18.7 Å². The van der Waals surface area contributed by atoms with E-state index in [1.165, 1.54) is 6.42 Å². The van der Waals surface area contributed by atoms with Crippen molar-refractivity contribution >= 4 is 5.91 Å². The molecule has 0 radical (unpaired) electrons. The minimum atomic E-state index is -0.480. The lowest BCUT2D eigenvalue weighted by Gasteiger charge is -2.41. The van der Waals surface area contributed by atoms with Crippen molar-refractivity contribution in [1.29, 1.82) is 0 Å². The third kappa shape index (κ3) is 4.76. The SMILES string of the molecule is CCOCC1(CNC(=O)c2cccc(-c3ccc([C@@H](C)O)cc3)c2)CCC1. The first kappa shape index (κ1) is 19.6. The maximum atomic E-state index is 12.6. The first-order valence-corrected chi connectivity index (χ1v) is 9.77. The standard InChI is InChI=1S/C23H29NO3/c1-3-27-16-23(12-5-13-23)15-24-22(26)21-7-4-6-20(14-21)19-10-8-18(9-11-19)17(2)25/h4,6-11,14,17,25H,3,5,12-13,15-16H2,1-2H3,(H,24,26)/t17-/m1/s1. The van der Waals surface area contributed by atoms with Gasteiger partial charge in [0.1, 0.15) is 0 Å². The first-order chi connectivity index (χ1) is 13.0. The van der Waals surface area contributed by atoms with Gasteiger partial charge < -0.3 is 15.2 Å². The van der Waals surface area contributed by atoms with Crippen molar-refractivity contribution in [2.24, 2.45) is 5.41 Å². The number of aliphatic hydroxyl groups is 1. The maximum Gasteiger partial charge on any atom is 0.251 e. The molecule has 1 fully saturated rings. The Hall–Kier alpha value is -2.17. The number of benzene rings is 2. The summed E-state index contributed by atoms with van der Waals surface area (Å²) in [5.74, 6) is -0.0415. The van der Waals surface area contributed by atoms with E-state index >= 15 is 0 Å². The highest BCUT2D eigenvalue weighted by molar-refractivity contribution is 5.95. The van der Waals surface area contributed by atoms with E-state index in [-0.39, 0.29) is 11.3 Å². The Bertz CT molecular complexity index is 763. The number of carbonyl (C=O) groups excluding carboxylic acids is 1. The van der Waals surface area contributed by atoms with Crippen molar-refractivity contribution in [1.82, 2.24) is 5.32 Å². The van der Waals surface area contributed by atoms with Gasteiger partial charge in [0.15, 0.2) is 0 Å². The summed E-state index contributed by atoms with van der Waals surface area (Å²) >= 11 is 0. The zero-order chi connectivity index (χ0) is 19.3. The van der Waals surface area contributed by atoms with Crippen LogP contribution in [0.5, 0.6) is 0 Å². The van der Waals surface area contributed by atoms with E-state index in [1.54, 1.807) is 6.92 Å². The summed E-state index contributed by atoms with van der Waals surface area (Å²) in [5, 5.41) is 12.7. The summed E-state index contributed by atoms with van der Waals surface area (Å²) in [5.41, 5.74) is 3.68. The monoisotopic (exact) mass is 367 g/mol. The van der Waals surface area contributed by atoms with Crippen LogP contribution in [0.15, 0.2) is 48.5 Å². The quantitative estimate of drug-likeness (QED) is 0.729. The van der Waals surface area contributed by atoms with E-state index < -0.39 is 6.10 Å². The minimum absolute atomic E-state index is 0.0415. The fourth-order valence-electron chi connectivity index (χ4n) is 3.53. The van der Waals surface area contributed by atoms with Crippen LogP contribution in [-0.4, -0.2) is 30.8 Å². The smallest absolute Gasteiger partial charge is 0.251 e. The Morgan fingerprint density at radius 2 is 1.93 bits per heavy atom. The molecule has 1 atom stereocenters. The van der Waals surface area contributed by atoms with Gasteiger partial charge in [0.25, 0.3) is 5.91 Å². The van der Waals surface area contributed by atoms with Crippen LogP contribution in [0, 0.1) is 5.41 Å². The lowest BCUT2D eigenvalue weighted by molar-refractivity contribution is -0.000182. The summed E-state index contributed by atoms with van der Waals surface area (Å²) < 4.78 is 5.61. The predicted octanol–water partition coefficient (Wildman–Crippen LogP) is 4.34. The van der Waals surface area contributed by atoms with Crippen LogP contribution >= 0.6 is 0 Å². The van der Waals surface area contributed by atoms with Crippen LogP contribution in [0.1, 0.15) is 55.1 Å². The molecule has 1 aliphatic rings. The third-order valence-corrected chi connectivity index (χ3v) is 5.50. The largest absolute Gasteiger partial charge is 0.389 e. The highest BCUT2D eigenvalue weighted by Gasteiger charge is 2.37. The van der Waals surface area contributed by atoms with Crippen LogP contribution in [0.4, 0.5) is 0 Å². The van der Waals surface area contributed by atoms with Crippen molar-refractivity contribution in [3.8, 4) is 11.1 Å². The fourth-order valence-corrected chi connectivity index (χ4v) is 3.53. The van der Waals surface area contributed by atoms with Crippen LogP contribution < -0.4 is 5.32 Å². The number of hydrogen-bond acceptors (Lipinski definition) is 3. The molecule has 3 rings (SSSR count). The number of amides is 1. The highest BCUT2D eigenvalue weighted by Crippen LogP contribution is 2.40. The highest BCUT2D eigenvalue weighted by atomic mass is 16.5. The number of aliphatic hydroxyl groups excluding tert-OH is 1. The molecule has 27 heavy (non-hydrogen) atoms. The van der Waals surface area contributed by atoms with E-state index in [9.17, 15) is 9.90 Å². The van der Waals surface area contributed by atoms with Gasteiger partial charge in [0, 0.05) is 24.1 Å². The summed E-state index contributed by atoms with van der Waals surface area (Å²) in [7, 11) is 0. The van der Waals surface area contributed by atoms with Crippen LogP contribution in [0.3, 0.4) is 0 Å². The molecule has 4 heteroatoms. The molecule has 2 N–H and O–H groups in total. The van der Waals surface area contributed by atoms with Crippen molar-refractivity contribution < 1.29 is 14.6 Å². The maximum absolute atomic E-state index is 12.6. The van der Waals surface area contributed by atoms with Crippen molar-refractivity contribution in [3.05, 3.63) is 59.7 Å². The van der Waals surface area contributed by atoms with Crippen molar-refractivity contribution in [2.45, 2.75) is 39.2 Å². The Kier molecular flexibility index (Phi) is 6.30. The average Bonchev–Trinajstić information content (AvgIpc) is 2.67. The molecule has 144 valence electrons. The van der Waals surface area contributed by atoms with E-state index in [1.807, 2.05) is 55.5 Å². The molecule has 2 aromatic carbocycles. The normalized spacial score (nSPS) is 16.4. The number of rotatable bonds is 8. The van der Waals surface area contributed by atoms with Gasteiger partial charge in [0.2, 0.25) is 0 Å². The number of ether oxygens (including phenoxy) is 1. The topological polar surface area (TPSA) is 58.6 Å². The Morgan fingerprint density at radius 3 is 2.52 bits per heavy atom. The average molecular weight is 367 g/mol. The molecule has 0 spiro atoms. The van der Waals surface area contributed by atoms with Gasteiger partial charge in [-0.2, -0.15) is 0 Å².